The molecule has 1 aromatic rings. The van der Waals surface area contributed by atoms with E-state index in [0.29, 0.717) is 6.54 Å². The molecule has 13 heavy (non-hydrogen) atoms. The van der Waals surface area contributed by atoms with Crippen LogP contribution >= 0.6 is 11.6 Å². The highest BCUT2D eigenvalue weighted by atomic mass is 35.5. The Bertz CT molecular complexity index is 255. The molecular weight excluding hydrogens is 186 g/mol. The molecule has 0 aliphatic rings. The summed E-state index contributed by atoms with van der Waals surface area (Å²) >= 11 is 5.82. The van der Waals surface area contributed by atoms with Crippen LogP contribution in [0.15, 0.2) is 30.3 Å². The Kier molecular flexibility index (Phi) is 3.17. The van der Waals surface area contributed by atoms with E-state index in [2.05, 4.69) is 0 Å². The zero-order chi connectivity index (χ0) is 9.90. The molecule has 0 heterocycles. The maximum Gasteiger partial charge on any atom is 0.213 e. The van der Waals surface area contributed by atoms with Crippen LogP contribution in [0, 0.1) is 0 Å². The topological polar surface area (TPSA) is 23.5 Å². The minimum atomic E-state index is -1.32. The van der Waals surface area contributed by atoms with Crippen LogP contribution in [0.2, 0.25) is 0 Å². The smallest absolute Gasteiger partial charge is 0.213 e. The average molecular weight is 200 g/mol. The normalized spacial score (nSPS) is 15.1. The van der Waals surface area contributed by atoms with Gasteiger partial charge in [0.1, 0.15) is 0 Å². The number of halogens is 1. The summed E-state index contributed by atoms with van der Waals surface area (Å²) in [5, 5.41) is 8.30. The molecule has 1 unspecified atom stereocenters. The Labute approximate surface area is 83.7 Å². The van der Waals surface area contributed by atoms with Crippen molar-refractivity contribution >= 4 is 17.3 Å². The molecule has 0 bridgehead atoms. The van der Waals surface area contributed by atoms with Gasteiger partial charge in [-0.2, -0.15) is 0 Å². The highest BCUT2D eigenvalue weighted by molar-refractivity contribution is 6.23. The predicted molar refractivity (Wildman–Crippen MR) is 55.9 cm³/mol. The van der Waals surface area contributed by atoms with Crippen molar-refractivity contribution in [2.75, 3.05) is 11.4 Å². The van der Waals surface area contributed by atoms with Gasteiger partial charge in [-0.15, -0.1) is 0 Å². The van der Waals surface area contributed by atoms with Crippen LogP contribution < -0.4 is 4.90 Å². The minimum absolute atomic E-state index is 0.667. The number of rotatable bonds is 3. The lowest BCUT2D eigenvalue weighted by atomic mass is 10.3. The van der Waals surface area contributed by atoms with Gasteiger partial charge in [0.2, 0.25) is 5.18 Å². The standard InChI is InChI=1S/C10H14ClNO/c1-3-12(10(2,11)13)9-7-5-4-6-8-9/h4-8,13H,3H2,1-2H3. The number of nitrogens with zero attached hydrogens (tertiary/aromatic N) is 1. The molecule has 1 N–H and O–H groups in total. The van der Waals surface area contributed by atoms with Crippen LogP contribution in [0.1, 0.15) is 13.8 Å². The number of hydrogen-bond donors (Lipinski definition) is 1. The Morgan fingerprint density at radius 2 is 1.92 bits per heavy atom. The van der Waals surface area contributed by atoms with E-state index >= 15 is 0 Å². The van der Waals surface area contributed by atoms with Crippen LogP contribution in [0.4, 0.5) is 5.69 Å². The second kappa shape index (κ2) is 3.99. The summed E-state index contributed by atoms with van der Waals surface area (Å²) in [5.41, 5.74) is 0.921. The van der Waals surface area contributed by atoms with Crippen LogP contribution in [0.25, 0.3) is 0 Å². The van der Waals surface area contributed by atoms with E-state index in [4.69, 9.17) is 11.6 Å². The maximum absolute atomic E-state index is 9.62. The van der Waals surface area contributed by atoms with Gasteiger partial charge in [0, 0.05) is 12.2 Å². The number of aliphatic hydroxyl groups is 1. The Hall–Kier alpha value is -0.730. The van der Waals surface area contributed by atoms with Crippen molar-refractivity contribution in [2.45, 2.75) is 19.0 Å². The molecule has 0 aliphatic carbocycles. The largest absolute Gasteiger partial charge is 0.358 e. The van der Waals surface area contributed by atoms with E-state index < -0.39 is 5.18 Å². The summed E-state index contributed by atoms with van der Waals surface area (Å²) in [7, 11) is 0. The molecule has 0 amide bonds. The van der Waals surface area contributed by atoms with Gasteiger partial charge in [0.25, 0.3) is 0 Å². The molecule has 1 rings (SSSR count). The molecule has 72 valence electrons. The van der Waals surface area contributed by atoms with Crippen LogP contribution in [0.3, 0.4) is 0 Å². The van der Waals surface area contributed by atoms with Crippen molar-refractivity contribution < 1.29 is 5.11 Å². The number of anilines is 1. The third-order valence-electron chi connectivity index (χ3n) is 1.88. The molecule has 0 saturated heterocycles. The van der Waals surface area contributed by atoms with E-state index in [9.17, 15) is 5.11 Å². The van der Waals surface area contributed by atoms with Crippen LogP contribution in [-0.2, 0) is 0 Å². The quantitative estimate of drug-likeness (QED) is 0.459. The number of para-hydroxylation sites is 1. The first-order chi connectivity index (χ1) is 6.05. The summed E-state index contributed by atoms with van der Waals surface area (Å²) in [6, 6.07) is 9.60. The van der Waals surface area contributed by atoms with Gasteiger partial charge in [-0.25, -0.2) is 0 Å². The third-order valence-corrected chi connectivity index (χ3v) is 2.08. The summed E-state index contributed by atoms with van der Waals surface area (Å²) in [5.74, 6) is 0. The van der Waals surface area contributed by atoms with Gasteiger partial charge in [0.05, 0.1) is 0 Å². The maximum atomic E-state index is 9.62. The molecule has 0 radical (unpaired) electrons. The summed E-state index contributed by atoms with van der Waals surface area (Å²) < 4.78 is 0. The molecule has 1 aromatic carbocycles. The van der Waals surface area contributed by atoms with Gasteiger partial charge in [-0.3, -0.25) is 0 Å². The molecule has 0 spiro atoms. The monoisotopic (exact) mass is 199 g/mol. The van der Waals surface area contributed by atoms with E-state index in [1.807, 2.05) is 37.3 Å². The van der Waals surface area contributed by atoms with Crippen molar-refractivity contribution in [2.24, 2.45) is 0 Å². The lowest BCUT2D eigenvalue weighted by molar-refractivity contribution is 0.145. The predicted octanol–water partition coefficient (Wildman–Crippen LogP) is 2.42. The fourth-order valence-electron chi connectivity index (χ4n) is 1.31. The zero-order valence-electron chi connectivity index (χ0n) is 7.87. The zero-order valence-corrected chi connectivity index (χ0v) is 8.62. The van der Waals surface area contributed by atoms with Crippen molar-refractivity contribution in [1.29, 1.82) is 0 Å². The summed E-state index contributed by atoms with van der Waals surface area (Å²) in [6.45, 7) is 4.18. The van der Waals surface area contributed by atoms with Crippen molar-refractivity contribution in [3.63, 3.8) is 0 Å². The fourth-order valence-corrected chi connectivity index (χ4v) is 1.53. The Morgan fingerprint density at radius 1 is 1.38 bits per heavy atom. The lowest BCUT2D eigenvalue weighted by Crippen LogP contribution is -2.41. The Morgan fingerprint density at radius 3 is 2.31 bits per heavy atom. The first kappa shape index (κ1) is 10.4. The molecule has 1 atom stereocenters. The highest BCUT2D eigenvalue weighted by Gasteiger charge is 2.24. The van der Waals surface area contributed by atoms with Crippen molar-refractivity contribution in [3.05, 3.63) is 30.3 Å². The van der Waals surface area contributed by atoms with Gasteiger partial charge in [-0.1, -0.05) is 29.8 Å². The van der Waals surface area contributed by atoms with E-state index in [1.54, 1.807) is 11.8 Å². The molecule has 0 aromatic heterocycles. The SMILES string of the molecule is CCN(c1ccccc1)C(C)(O)Cl. The van der Waals surface area contributed by atoms with Crippen molar-refractivity contribution in [1.82, 2.24) is 0 Å². The van der Waals surface area contributed by atoms with E-state index in [0.717, 1.165) is 5.69 Å². The summed E-state index contributed by atoms with van der Waals surface area (Å²) in [4.78, 5) is 1.72. The Balaban J connectivity index is 2.92. The number of benzene rings is 1. The molecule has 3 heteroatoms. The van der Waals surface area contributed by atoms with E-state index in [-0.39, 0.29) is 0 Å². The second-order valence-corrected chi connectivity index (χ2v) is 3.70. The molecule has 0 saturated carbocycles. The van der Waals surface area contributed by atoms with Gasteiger partial charge in [-0.05, 0) is 26.0 Å². The van der Waals surface area contributed by atoms with Gasteiger partial charge >= 0.3 is 0 Å². The molecule has 0 aliphatic heterocycles. The average Bonchev–Trinajstić information content (AvgIpc) is 2.05. The minimum Gasteiger partial charge on any atom is -0.358 e. The fraction of sp³-hybridized carbons (Fsp3) is 0.400. The third kappa shape index (κ3) is 2.61. The van der Waals surface area contributed by atoms with Crippen LogP contribution in [0.5, 0.6) is 0 Å². The van der Waals surface area contributed by atoms with Gasteiger partial charge in [0.15, 0.2) is 0 Å². The number of alkyl halides is 1. The highest BCUT2D eigenvalue weighted by Crippen LogP contribution is 2.24. The number of hydrogen-bond acceptors (Lipinski definition) is 2. The second-order valence-electron chi connectivity index (χ2n) is 2.99. The molecule has 0 fully saturated rings. The van der Waals surface area contributed by atoms with E-state index in [1.165, 1.54) is 0 Å². The molecule has 2 nitrogen and oxygen atoms in total. The molecular formula is C10H14ClNO. The first-order valence-corrected chi connectivity index (χ1v) is 4.67. The lowest BCUT2D eigenvalue weighted by Gasteiger charge is -2.32. The van der Waals surface area contributed by atoms with Crippen molar-refractivity contribution in [3.8, 4) is 0 Å². The first-order valence-electron chi connectivity index (χ1n) is 4.29. The van der Waals surface area contributed by atoms with Crippen LogP contribution in [-0.4, -0.2) is 16.8 Å². The van der Waals surface area contributed by atoms with Gasteiger partial charge < -0.3 is 10.0 Å². The summed E-state index contributed by atoms with van der Waals surface area (Å²) in [6.07, 6.45) is 0.